The summed E-state index contributed by atoms with van der Waals surface area (Å²) < 4.78 is 5.46. The highest BCUT2D eigenvalue weighted by Crippen LogP contribution is 2.35. The molecule has 2 unspecified atom stereocenters. The second-order valence-corrected chi connectivity index (χ2v) is 10.5. The lowest BCUT2D eigenvalue weighted by atomic mass is 10.1. The summed E-state index contributed by atoms with van der Waals surface area (Å²) >= 11 is 1.28. The summed E-state index contributed by atoms with van der Waals surface area (Å²) in [4.78, 5) is 41.7. The number of aromatic nitrogens is 2. The molecule has 2 aliphatic rings. The molecule has 3 amide bonds. The lowest BCUT2D eigenvalue weighted by Gasteiger charge is -2.17. The van der Waals surface area contributed by atoms with Crippen LogP contribution in [0.1, 0.15) is 41.8 Å². The maximum atomic E-state index is 12.9. The Labute approximate surface area is 219 Å². The zero-order valence-electron chi connectivity index (χ0n) is 21.1. The van der Waals surface area contributed by atoms with Gasteiger partial charge in [-0.3, -0.25) is 14.4 Å². The van der Waals surface area contributed by atoms with Gasteiger partial charge in [-0.1, -0.05) is 17.4 Å². The molecule has 2 fully saturated rings. The van der Waals surface area contributed by atoms with Crippen LogP contribution in [0.3, 0.4) is 0 Å². The van der Waals surface area contributed by atoms with Gasteiger partial charge in [0, 0.05) is 43.2 Å². The molecule has 2 atom stereocenters. The van der Waals surface area contributed by atoms with Crippen molar-refractivity contribution in [2.75, 3.05) is 34.8 Å². The molecule has 1 aromatic heterocycles. The molecule has 10 heteroatoms. The number of carbonyl (C=O) groups is 3. The van der Waals surface area contributed by atoms with Gasteiger partial charge < -0.3 is 19.9 Å². The van der Waals surface area contributed by atoms with E-state index in [-0.39, 0.29) is 30.1 Å². The third-order valence-corrected chi connectivity index (χ3v) is 7.62. The first-order chi connectivity index (χ1) is 17.8. The average Bonchev–Trinajstić information content (AvgIpc) is 3.58. The number of carbonyl (C=O) groups excluding carboxylic acids is 3. The third-order valence-electron chi connectivity index (χ3n) is 6.62. The molecular formula is C27H29N5O4S. The van der Waals surface area contributed by atoms with Crippen LogP contribution >= 0.6 is 11.3 Å². The van der Waals surface area contributed by atoms with Gasteiger partial charge in [0.25, 0.3) is 0 Å². The van der Waals surface area contributed by atoms with Crippen molar-refractivity contribution >= 4 is 45.6 Å². The molecule has 2 aliphatic heterocycles. The molecule has 0 aliphatic carbocycles. The van der Waals surface area contributed by atoms with Crippen LogP contribution < -0.4 is 19.9 Å². The second-order valence-electron chi connectivity index (χ2n) is 9.52. The molecule has 3 heterocycles. The lowest BCUT2D eigenvalue weighted by molar-refractivity contribution is -0.122. The number of amides is 3. The fraction of sp³-hybridized carbons (Fsp3) is 0.370. The van der Waals surface area contributed by atoms with E-state index in [4.69, 9.17) is 4.74 Å². The average molecular weight is 520 g/mol. The van der Waals surface area contributed by atoms with E-state index in [1.54, 1.807) is 9.80 Å². The standard InChI is InChI=1S/C27H29N5O4S/c1-4-36-22-7-5-20(6-8-22)31-14-18(12-23(31)33)25(35)28-27-30-29-26(37-27)19-13-24(34)32(15-19)21-10-16(2)9-17(3)11-21/h5-11,18-19H,4,12-15H2,1-3H3,(H,28,30,35). The number of nitrogens with zero attached hydrogens (tertiary/aromatic N) is 4. The van der Waals surface area contributed by atoms with Crippen LogP contribution in [0.25, 0.3) is 0 Å². The molecule has 0 radical (unpaired) electrons. The summed E-state index contributed by atoms with van der Waals surface area (Å²) in [5.74, 6) is -0.142. The molecule has 0 bridgehead atoms. The molecule has 0 saturated carbocycles. The van der Waals surface area contributed by atoms with Crippen molar-refractivity contribution in [2.45, 2.75) is 39.5 Å². The number of rotatable bonds is 7. The molecule has 2 aromatic carbocycles. The Kier molecular flexibility index (Phi) is 6.92. The van der Waals surface area contributed by atoms with Gasteiger partial charge in [-0.25, -0.2) is 0 Å². The van der Waals surface area contributed by atoms with Gasteiger partial charge >= 0.3 is 0 Å². The lowest BCUT2D eigenvalue weighted by Crippen LogP contribution is -2.28. The maximum Gasteiger partial charge on any atom is 0.231 e. The normalized spacial score (nSPS) is 19.5. The Morgan fingerprint density at radius 1 is 0.973 bits per heavy atom. The van der Waals surface area contributed by atoms with Gasteiger partial charge in [-0.05, 0) is 68.3 Å². The summed E-state index contributed by atoms with van der Waals surface area (Å²) in [7, 11) is 0. The van der Waals surface area contributed by atoms with Crippen molar-refractivity contribution in [3.63, 3.8) is 0 Å². The second kappa shape index (κ2) is 10.3. The van der Waals surface area contributed by atoms with Crippen LogP contribution in [-0.2, 0) is 14.4 Å². The molecule has 37 heavy (non-hydrogen) atoms. The molecule has 1 N–H and O–H groups in total. The quantitative estimate of drug-likeness (QED) is 0.505. The van der Waals surface area contributed by atoms with E-state index < -0.39 is 5.92 Å². The number of hydrogen-bond acceptors (Lipinski definition) is 7. The minimum atomic E-state index is -0.487. The topological polar surface area (TPSA) is 105 Å². The Balaban J connectivity index is 1.20. The van der Waals surface area contributed by atoms with Crippen LogP contribution in [0.15, 0.2) is 42.5 Å². The summed E-state index contributed by atoms with van der Waals surface area (Å²) in [6.45, 7) is 7.34. The zero-order chi connectivity index (χ0) is 26.1. The fourth-order valence-electron chi connectivity index (χ4n) is 4.91. The highest BCUT2D eigenvalue weighted by atomic mass is 32.1. The Hall–Kier alpha value is -3.79. The van der Waals surface area contributed by atoms with Crippen molar-refractivity contribution in [1.82, 2.24) is 10.2 Å². The number of aryl methyl sites for hydroxylation is 2. The van der Waals surface area contributed by atoms with Crippen molar-refractivity contribution < 1.29 is 19.1 Å². The minimum Gasteiger partial charge on any atom is -0.494 e. The highest BCUT2D eigenvalue weighted by molar-refractivity contribution is 7.15. The Morgan fingerprint density at radius 3 is 2.35 bits per heavy atom. The van der Waals surface area contributed by atoms with Gasteiger partial charge in [-0.15, -0.1) is 10.2 Å². The van der Waals surface area contributed by atoms with E-state index in [0.29, 0.717) is 36.3 Å². The number of benzene rings is 2. The largest absolute Gasteiger partial charge is 0.494 e. The van der Waals surface area contributed by atoms with Crippen molar-refractivity contribution in [3.8, 4) is 5.75 Å². The van der Waals surface area contributed by atoms with Gasteiger partial charge in [-0.2, -0.15) is 0 Å². The summed E-state index contributed by atoms with van der Waals surface area (Å²) in [5, 5.41) is 12.3. The molecule has 2 saturated heterocycles. The summed E-state index contributed by atoms with van der Waals surface area (Å²) in [6, 6.07) is 13.4. The minimum absolute atomic E-state index is 0.0506. The Bertz CT molecular complexity index is 1320. The van der Waals surface area contributed by atoms with Crippen LogP contribution in [0, 0.1) is 19.8 Å². The van der Waals surface area contributed by atoms with Crippen LogP contribution in [0.2, 0.25) is 0 Å². The first kappa shape index (κ1) is 24.9. The molecule has 9 nitrogen and oxygen atoms in total. The first-order valence-electron chi connectivity index (χ1n) is 12.4. The van der Waals surface area contributed by atoms with E-state index in [2.05, 4.69) is 21.6 Å². The number of ether oxygens (including phenoxy) is 1. The maximum absolute atomic E-state index is 12.9. The van der Waals surface area contributed by atoms with E-state index in [0.717, 1.165) is 28.3 Å². The predicted octanol–water partition coefficient (Wildman–Crippen LogP) is 4.07. The monoisotopic (exact) mass is 519 g/mol. The van der Waals surface area contributed by atoms with E-state index in [9.17, 15) is 14.4 Å². The smallest absolute Gasteiger partial charge is 0.231 e. The third kappa shape index (κ3) is 5.34. The predicted molar refractivity (Wildman–Crippen MR) is 142 cm³/mol. The summed E-state index contributed by atoms with van der Waals surface area (Å²) in [6.07, 6.45) is 0.483. The molecule has 192 valence electrons. The SMILES string of the molecule is CCOc1ccc(N2CC(C(=O)Nc3nnc(C4CC(=O)N(c5cc(C)cc(C)c5)C4)s3)CC2=O)cc1. The number of nitrogens with one attached hydrogen (secondary N) is 1. The Morgan fingerprint density at radius 2 is 1.65 bits per heavy atom. The van der Waals surface area contributed by atoms with Gasteiger partial charge in [0.1, 0.15) is 10.8 Å². The van der Waals surface area contributed by atoms with Gasteiger partial charge in [0.15, 0.2) is 0 Å². The zero-order valence-corrected chi connectivity index (χ0v) is 21.9. The fourth-order valence-corrected chi connectivity index (χ4v) is 5.75. The highest BCUT2D eigenvalue weighted by Gasteiger charge is 2.37. The van der Waals surface area contributed by atoms with Crippen LogP contribution in [0.4, 0.5) is 16.5 Å². The van der Waals surface area contributed by atoms with E-state index in [1.165, 1.54) is 11.3 Å². The van der Waals surface area contributed by atoms with Crippen molar-refractivity contribution in [2.24, 2.45) is 5.92 Å². The number of hydrogen-bond donors (Lipinski definition) is 1. The first-order valence-corrected chi connectivity index (χ1v) is 13.2. The molecular weight excluding hydrogens is 490 g/mol. The summed E-state index contributed by atoms with van der Waals surface area (Å²) in [5.41, 5.74) is 3.85. The van der Waals surface area contributed by atoms with Crippen molar-refractivity contribution in [3.05, 3.63) is 58.6 Å². The van der Waals surface area contributed by atoms with E-state index in [1.807, 2.05) is 57.2 Å². The molecule has 0 spiro atoms. The molecule has 3 aromatic rings. The number of anilines is 3. The van der Waals surface area contributed by atoms with Gasteiger partial charge in [0.05, 0.1) is 12.5 Å². The van der Waals surface area contributed by atoms with E-state index >= 15 is 0 Å². The van der Waals surface area contributed by atoms with Crippen molar-refractivity contribution in [1.29, 1.82) is 0 Å². The van der Waals surface area contributed by atoms with Crippen LogP contribution in [0.5, 0.6) is 5.75 Å². The van der Waals surface area contributed by atoms with Crippen LogP contribution in [-0.4, -0.2) is 47.6 Å². The van der Waals surface area contributed by atoms with Gasteiger partial charge in [0.2, 0.25) is 22.9 Å². The molecule has 5 rings (SSSR count).